The highest BCUT2D eigenvalue weighted by Crippen LogP contribution is 2.46. The van der Waals surface area contributed by atoms with Crippen LogP contribution in [0, 0.1) is 0 Å². The van der Waals surface area contributed by atoms with Crippen LogP contribution in [-0.2, 0) is 11.3 Å². The first-order valence-electron chi connectivity index (χ1n) is 11.7. The number of nitrogens with zero attached hydrogens (tertiary/aromatic N) is 4. The van der Waals surface area contributed by atoms with Crippen molar-refractivity contribution >= 4 is 36.8 Å². The zero-order valence-electron chi connectivity index (χ0n) is 20.7. The normalized spacial score (nSPS) is 13.4. The molecule has 38 heavy (non-hydrogen) atoms. The van der Waals surface area contributed by atoms with Crippen LogP contribution in [0.1, 0.15) is 26.7 Å². The minimum Gasteiger partial charge on any atom is -0.494 e. The van der Waals surface area contributed by atoms with Crippen LogP contribution >= 0.6 is 19.7 Å². The minimum absolute atomic E-state index is 0.00968. The maximum atomic E-state index is 12.8. The second kappa shape index (κ2) is 13.2. The molecule has 2 N–H and O–H groups in total. The Morgan fingerprint density at radius 3 is 2.47 bits per heavy atom. The summed E-state index contributed by atoms with van der Waals surface area (Å²) in [6.45, 7) is 4.34. The summed E-state index contributed by atoms with van der Waals surface area (Å²) in [5.74, 6) is 0.707. The molecule has 0 amide bonds. The predicted molar refractivity (Wildman–Crippen MR) is 135 cm³/mol. The Balaban J connectivity index is 1.71. The summed E-state index contributed by atoms with van der Waals surface area (Å²) in [6, 6.07) is 7.47. The van der Waals surface area contributed by atoms with Gasteiger partial charge >= 0.3 is 12.4 Å². The number of hydrogen-bond acceptors (Lipinski definition) is 7. The summed E-state index contributed by atoms with van der Waals surface area (Å²) in [4.78, 5) is 13.7. The Hall–Kier alpha value is -2.31. The lowest BCUT2D eigenvalue weighted by molar-refractivity contribution is -0.112. The van der Waals surface area contributed by atoms with Gasteiger partial charge in [-0.2, -0.15) is 31.3 Å². The third-order valence-corrected chi connectivity index (χ3v) is 8.13. The topological polar surface area (TPSA) is 88.1 Å². The van der Waals surface area contributed by atoms with Gasteiger partial charge < -0.3 is 19.8 Å². The van der Waals surface area contributed by atoms with E-state index in [-0.39, 0.29) is 12.5 Å². The van der Waals surface area contributed by atoms with Crippen LogP contribution in [0.4, 0.5) is 32.3 Å². The lowest BCUT2D eigenvalue weighted by atomic mass is 10.3. The number of fused-ring (bicyclic) bond motifs is 1. The fourth-order valence-corrected chi connectivity index (χ4v) is 6.13. The Morgan fingerprint density at radius 1 is 1.11 bits per heavy atom. The number of alkyl halides is 6. The van der Waals surface area contributed by atoms with Crippen LogP contribution in [0.5, 0.6) is 5.75 Å². The van der Waals surface area contributed by atoms with Gasteiger partial charge in [0.05, 0.1) is 44.3 Å². The van der Waals surface area contributed by atoms with Gasteiger partial charge in [-0.3, -0.25) is 0 Å². The van der Waals surface area contributed by atoms with Crippen molar-refractivity contribution in [2.75, 3.05) is 31.0 Å². The van der Waals surface area contributed by atoms with Gasteiger partial charge in [-0.05, 0) is 31.5 Å². The zero-order chi connectivity index (χ0) is 27.9. The highest BCUT2D eigenvalue weighted by molar-refractivity contribution is 7.99. The van der Waals surface area contributed by atoms with Crippen molar-refractivity contribution in [2.45, 2.75) is 61.6 Å². The Bertz CT molecular complexity index is 1180. The second-order valence-corrected chi connectivity index (χ2v) is 11.9. The number of benzene rings is 1. The Kier molecular flexibility index (Phi) is 10.5. The average Bonchev–Trinajstić information content (AvgIpc) is 3.18. The highest BCUT2D eigenvalue weighted by Gasteiger charge is 2.38. The molecule has 210 valence electrons. The van der Waals surface area contributed by atoms with Crippen LogP contribution in [-0.4, -0.2) is 63.3 Å². The number of rotatable bonds is 13. The number of nitrogen functional groups attached to an aromatic ring is 1. The molecule has 7 nitrogen and oxygen atoms in total. The van der Waals surface area contributed by atoms with Crippen molar-refractivity contribution in [3.05, 3.63) is 30.6 Å². The van der Waals surface area contributed by atoms with E-state index in [0.29, 0.717) is 28.5 Å². The van der Waals surface area contributed by atoms with E-state index in [1.54, 1.807) is 11.5 Å². The van der Waals surface area contributed by atoms with Crippen LogP contribution in [0.25, 0.3) is 11.2 Å². The zero-order valence-corrected chi connectivity index (χ0v) is 22.4. The van der Waals surface area contributed by atoms with E-state index in [2.05, 4.69) is 21.9 Å². The van der Waals surface area contributed by atoms with E-state index >= 15 is 0 Å². The van der Waals surface area contributed by atoms with E-state index in [9.17, 15) is 26.3 Å². The van der Waals surface area contributed by atoms with Crippen LogP contribution < -0.4 is 10.5 Å². The second-order valence-electron chi connectivity index (χ2n) is 8.56. The van der Waals surface area contributed by atoms with E-state index in [1.165, 1.54) is 18.1 Å². The summed E-state index contributed by atoms with van der Waals surface area (Å²) in [5.41, 5.74) is 6.74. The Labute approximate surface area is 221 Å². The molecule has 3 rings (SSSR count). The van der Waals surface area contributed by atoms with Crippen LogP contribution in [0.3, 0.4) is 0 Å². The summed E-state index contributed by atoms with van der Waals surface area (Å²) >= 11 is 1.31. The van der Waals surface area contributed by atoms with Gasteiger partial charge in [0.1, 0.15) is 16.3 Å². The molecular formula is C23H28F6N5O2PS. The molecule has 1 atom stereocenters. The van der Waals surface area contributed by atoms with Gasteiger partial charge in [-0.25, -0.2) is 9.97 Å². The molecule has 0 saturated carbocycles. The predicted octanol–water partition coefficient (Wildman–Crippen LogP) is 6.71. The standard InChI is InChI=1S/C23H28F6N5O2PS/c1-3-4-8-35-16-6-5-7-17(9-16)38-20-18-19(32-21(30)33-20)34(13-31-18)10-15(2)36-14-37(11-22(24,25)26)12-23(27,28)29/h5-7,9,13,15H,3-4,8,10-12,14H2,1-2H3,(H2,30,32,33). The van der Waals surface area contributed by atoms with Gasteiger partial charge in [0.2, 0.25) is 5.95 Å². The third kappa shape index (κ3) is 9.77. The SMILES string of the molecule is CCCCOc1cccc(Sc2nc(N)nc3c2ncn3CC(C)OCP(CC(F)(F)F)CC(F)(F)F)c1. The summed E-state index contributed by atoms with van der Waals surface area (Å²) < 4.78 is 89.3. The summed E-state index contributed by atoms with van der Waals surface area (Å²) in [5, 5.41) is 0.490. The molecule has 2 heterocycles. The molecule has 0 saturated heterocycles. The molecule has 15 heteroatoms. The molecule has 0 bridgehead atoms. The maximum absolute atomic E-state index is 12.8. The fourth-order valence-electron chi connectivity index (χ4n) is 3.43. The largest absolute Gasteiger partial charge is 0.494 e. The smallest absolute Gasteiger partial charge is 0.392 e. The average molecular weight is 584 g/mol. The first-order chi connectivity index (χ1) is 17.8. The van der Waals surface area contributed by atoms with Gasteiger partial charge in [0.15, 0.2) is 5.65 Å². The molecule has 0 aliphatic rings. The fraction of sp³-hybridized carbons (Fsp3) is 0.522. The lowest BCUT2D eigenvalue weighted by Gasteiger charge is -2.23. The first kappa shape index (κ1) is 30.2. The number of hydrogen-bond donors (Lipinski definition) is 1. The molecule has 0 spiro atoms. The Morgan fingerprint density at radius 2 is 1.82 bits per heavy atom. The van der Waals surface area contributed by atoms with Crippen molar-refractivity contribution < 1.29 is 35.8 Å². The van der Waals surface area contributed by atoms with E-state index in [4.69, 9.17) is 15.2 Å². The van der Waals surface area contributed by atoms with Crippen molar-refractivity contribution in [3.63, 3.8) is 0 Å². The van der Waals surface area contributed by atoms with Crippen molar-refractivity contribution in [1.82, 2.24) is 19.5 Å². The number of unbranched alkanes of at least 4 members (excludes halogenated alkanes) is 1. The van der Waals surface area contributed by atoms with E-state index in [0.717, 1.165) is 17.7 Å². The number of halogens is 6. The molecule has 2 aromatic heterocycles. The molecule has 1 unspecified atom stereocenters. The third-order valence-electron chi connectivity index (χ3n) is 5.04. The number of nitrogens with two attached hydrogens (primary N) is 1. The molecule has 0 aliphatic carbocycles. The van der Waals surface area contributed by atoms with Crippen molar-refractivity contribution in [2.24, 2.45) is 0 Å². The van der Waals surface area contributed by atoms with Gasteiger partial charge in [-0.15, -0.1) is 0 Å². The quantitative estimate of drug-likeness (QED) is 0.104. The summed E-state index contributed by atoms with van der Waals surface area (Å²) in [6.07, 6.45) is -10.4. The number of ether oxygens (including phenoxy) is 2. The number of anilines is 1. The monoisotopic (exact) mass is 583 g/mol. The number of aromatic nitrogens is 4. The molecule has 1 aromatic carbocycles. The van der Waals surface area contributed by atoms with Gasteiger partial charge in [-0.1, -0.05) is 39.1 Å². The molecule has 0 aliphatic heterocycles. The first-order valence-corrected chi connectivity index (χ1v) is 14.4. The van der Waals surface area contributed by atoms with Crippen LogP contribution in [0.15, 0.2) is 40.5 Å². The van der Waals surface area contributed by atoms with Crippen molar-refractivity contribution in [1.29, 1.82) is 0 Å². The molecule has 0 radical (unpaired) electrons. The minimum atomic E-state index is -4.70. The summed E-state index contributed by atoms with van der Waals surface area (Å²) in [7, 11) is -2.47. The molecule has 3 aromatic rings. The maximum Gasteiger partial charge on any atom is 0.392 e. The lowest BCUT2D eigenvalue weighted by Crippen LogP contribution is -2.24. The molecule has 0 fully saturated rings. The van der Waals surface area contributed by atoms with E-state index < -0.39 is 45.0 Å². The highest BCUT2D eigenvalue weighted by atomic mass is 32.2. The van der Waals surface area contributed by atoms with Gasteiger partial charge in [0.25, 0.3) is 0 Å². The molecular weight excluding hydrogens is 555 g/mol. The van der Waals surface area contributed by atoms with Crippen LogP contribution in [0.2, 0.25) is 0 Å². The number of imidazole rings is 1. The van der Waals surface area contributed by atoms with Crippen molar-refractivity contribution in [3.8, 4) is 5.75 Å². The van der Waals surface area contributed by atoms with E-state index in [1.807, 2.05) is 24.3 Å². The van der Waals surface area contributed by atoms with Gasteiger partial charge in [0, 0.05) is 4.90 Å².